The number of rotatable bonds is 4. The lowest BCUT2D eigenvalue weighted by Gasteiger charge is -2.46. The highest BCUT2D eigenvalue weighted by Crippen LogP contribution is 2.53. The number of ether oxygens (including phenoxy) is 2. The van der Waals surface area contributed by atoms with Crippen LogP contribution in [0.2, 0.25) is 0 Å². The minimum Gasteiger partial charge on any atom is -0.466 e. The van der Waals surface area contributed by atoms with Gasteiger partial charge in [0, 0.05) is 18.5 Å². The Morgan fingerprint density at radius 2 is 2.18 bits per heavy atom. The average molecular weight is 329 g/mol. The summed E-state index contributed by atoms with van der Waals surface area (Å²) < 4.78 is 37.0. The Hall–Kier alpha value is -0.920. The van der Waals surface area contributed by atoms with Crippen LogP contribution in [0.3, 0.4) is 0 Å². The van der Waals surface area contributed by atoms with E-state index in [-0.39, 0.29) is 24.0 Å². The van der Waals surface area contributed by atoms with Crippen LogP contribution in [0.15, 0.2) is 12.2 Å². The molecule has 2 bridgehead atoms. The molecule has 3 heterocycles. The number of fused-ring (bicyclic) bond motifs is 1. The fraction of sp³-hybridized carbons (Fsp3) is 0.800. The van der Waals surface area contributed by atoms with Gasteiger partial charge in [0.25, 0.3) is 0 Å². The summed E-state index contributed by atoms with van der Waals surface area (Å²) in [6.45, 7) is 4.39. The maximum absolute atomic E-state index is 12.3. The standard InChI is InChI=1S/C15H23NO5S/c1-4-10-8-15-7-6-12(21-15)13(14(17)20-5-2)11(15)9-16(10)22(3,18)19/h6-7,10-13H,4-5,8-9H2,1-3H3/t10-,11-,12-,13-,15-/m1/s1. The van der Waals surface area contributed by atoms with E-state index >= 15 is 0 Å². The summed E-state index contributed by atoms with van der Waals surface area (Å²) in [4.78, 5) is 12.3. The van der Waals surface area contributed by atoms with Crippen molar-refractivity contribution in [2.45, 2.75) is 44.4 Å². The summed E-state index contributed by atoms with van der Waals surface area (Å²) >= 11 is 0. The average Bonchev–Trinajstić information content (AvgIpc) is 2.98. The van der Waals surface area contributed by atoms with Crippen molar-refractivity contribution in [2.75, 3.05) is 19.4 Å². The van der Waals surface area contributed by atoms with Gasteiger partial charge in [0.05, 0.1) is 30.5 Å². The van der Waals surface area contributed by atoms with Gasteiger partial charge in [-0.2, -0.15) is 4.31 Å². The molecule has 0 radical (unpaired) electrons. The molecule has 2 fully saturated rings. The molecule has 0 aromatic carbocycles. The molecule has 0 unspecified atom stereocenters. The van der Waals surface area contributed by atoms with Crippen LogP contribution in [-0.4, -0.2) is 55.8 Å². The summed E-state index contributed by atoms with van der Waals surface area (Å²) in [6, 6.07) is -0.0874. The zero-order valence-electron chi connectivity index (χ0n) is 13.2. The van der Waals surface area contributed by atoms with Crippen LogP contribution in [0.25, 0.3) is 0 Å². The van der Waals surface area contributed by atoms with Crippen LogP contribution >= 0.6 is 0 Å². The van der Waals surface area contributed by atoms with Gasteiger partial charge in [0.1, 0.15) is 0 Å². The number of nitrogens with zero attached hydrogens (tertiary/aromatic N) is 1. The molecular weight excluding hydrogens is 306 g/mol. The second-order valence-corrected chi connectivity index (χ2v) is 8.31. The quantitative estimate of drug-likeness (QED) is 0.567. The Balaban J connectivity index is 1.93. The Kier molecular flexibility index (Phi) is 3.86. The van der Waals surface area contributed by atoms with Crippen molar-refractivity contribution in [3.05, 3.63) is 12.2 Å². The predicted molar refractivity (Wildman–Crippen MR) is 80.6 cm³/mol. The highest BCUT2D eigenvalue weighted by molar-refractivity contribution is 7.88. The molecule has 0 saturated carbocycles. The molecule has 1 spiro atoms. The van der Waals surface area contributed by atoms with Gasteiger partial charge in [-0.15, -0.1) is 0 Å². The van der Waals surface area contributed by atoms with Gasteiger partial charge in [-0.3, -0.25) is 4.79 Å². The van der Waals surface area contributed by atoms with Gasteiger partial charge in [0.15, 0.2) is 0 Å². The maximum atomic E-state index is 12.3. The molecule has 124 valence electrons. The van der Waals surface area contributed by atoms with Crippen molar-refractivity contribution in [1.29, 1.82) is 0 Å². The summed E-state index contributed by atoms with van der Waals surface area (Å²) in [5, 5.41) is 0. The fourth-order valence-corrected chi connectivity index (χ4v) is 5.36. The number of sulfonamides is 1. The number of piperidine rings is 1. The second kappa shape index (κ2) is 5.32. The zero-order chi connectivity index (χ0) is 16.1. The van der Waals surface area contributed by atoms with Gasteiger partial charge in [-0.25, -0.2) is 8.42 Å². The van der Waals surface area contributed by atoms with Gasteiger partial charge in [-0.1, -0.05) is 19.1 Å². The first kappa shape index (κ1) is 16.0. The lowest BCUT2D eigenvalue weighted by Crippen LogP contribution is -2.57. The first-order valence-electron chi connectivity index (χ1n) is 7.83. The molecule has 0 N–H and O–H groups in total. The molecule has 0 aromatic rings. The molecule has 2 saturated heterocycles. The van der Waals surface area contributed by atoms with E-state index in [0.717, 1.165) is 6.42 Å². The van der Waals surface area contributed by atoms with E-state index in [1.807, 2.05) is 19.1 Å². The van der Waals surface area contributed by atoms with Gasteiger partial charge in [0.2, 0.25) is 10.0 Å². The number of hydrogen-bond acceptors (Lipinski definition) is 5. The number of esters is 1. The predicted octanol–water partition coefficient (Wildman–Crippen LogP) is 0.933. The third-order valence-corrected chi connectivity index (χ3v) is 6.43. The van der Waals surface area contributed by atoms with E-state index in [2.05, 4.69) is 0 Å². The Labute approximate surface area is 131 Å². The SMILES string of the molecule is CCOC(=O)[C@@H]1[C@H]2CN(S(C)(=O)=O)[C@H](CC)C[C@]23C=C[C@H]1O3. The van der Waals surface area contributed by atoms with Crippen LogP contribution in [0, 0.1) is 11.8 Å². The molecule has 5 atom stereocenters. The molecule has 6 nitrogen and oxygen atoms in total. The van der Waals surface area contributed by atoms with Crippen molar-refractivity contribution in [3.8, 4) is 0 Å². The van der Waals surface area contributed by atoms with E-state index in [1.165, 1.54) is 10.6 Å². The molecule has 7 heteroatoms. The molecule has 0 aliphatic carbocycles. The van der Waals surface area contributed by atoms with Crippen molar-refractivity contribution in [2.24, 2.45) is 11.8 Å². The molecule has 3 aliphatic heterocycles. The van der Waals surface area contributed by atoms with Crippen molar-refractivity contribution in [3.63, 3.8) is 0 Å². The third kappa shape index (κ3) is 2.30. The van der Waals surface area contributed by atoms with Crippen molar-refractivity contribution < 1.29 is 22.7 Å². The third-order valence-electron chi connectivity index (χ3n) is 5.13. The topological polar surface area (TPSA) is 72.9 Å². The van der Waals surface area contributed by atoms with Crippen LogP contribution in [0.4, 0.5) is 0 Å². The first-order valence-corrected chi connectivity index (χ1v) is 9.68. The molecule has 3 aliphatic rings. The Bertz CT molecular complexity index is 601. The second-order valence-electron chi connectivity index (χ2n) is 6.38. The van der Waals surface area contributed by atoms with Gasteiger partial charge < -0.3 is 9.47 Å². The van der Waals surface area contributed by atoms with Gasteiger partial charge >= 0.3 is 5.97 Å². The van der Waals surface area contributed by atoms with E-state index in [0.29, 0.717) is 19.6 Å². The van der Waals surface area contributed by atoms with Crippen LogP contribution in [0.5, 0.6) is 0 Å². The lowest BCUT2D eigenvalue weighted by atomic mass is 9.70. The lowest BCUT2D eigenvalue weighted by molar-refractivity contribution is -0.150. The molecule has 22 heavy (non-hydrogen) atoms. The maximum Gasteiger partial charge on any atom is 0.312 e. The minimum absolute atomic E-state index is 0.0874. The van der Waals surface area contributed by atoms with E-state index < -0.39 is 21.5 Å². The summed E-state index contributed by atoms with van der Waals surface area (Å²) in [5.74, 6) is -0.863. The Morgan fingerprint density at radius 3 is 2.77 bits per heavy atom. The first-order chi connectivity index (χ1) is 10.3. The van der Waals surface area contributed by atoms with Gasteiger partial charge in [-0.05, 0) is 19.8 Å². The fourth-order valence-electron chi connectivity index (χ4n) is 4.17. The van der Waals surface area contributed by atoms with E-state index in [4.69, 9.17) is 9.47 Å². The minimum atomic E-state index is -3.31. The van der Waals surface area contributed by atoms with Crippen LogP contribution in [0.1, 0.15) is 26.7 Å². The normalized spacial score (nSPS) is 40.7. The van der Waals surface area contributed by atoms with Crippen molar-refractivity contribution >= 4 is 16.0 Å². The largest absolute Gasteiger partial charge is 0.466 e. The molecular formula is C15H23NO5S. The van der Waals surface area contributed by atoms with Crippen molar-refractivity contribution in [1.82, 2.24) is 4.31 Å². The summed E-state index contributed by atoms with van der Waals surface area (Å²) in [6.07, 6.45) is 6.23. The number of carbonyl (C=O) groups excluding carboxylic acids is 1. The zero-order valence-corrected chi connectivity index (χ0v) is 14.0. The molecule has 0 amide bonds. The summed E-state index contributed by atoms with van der Waals surface area (Å²) in [7, 11) is -3.31. The number of carbonyl (C=O) groups is 1. The highest BCUT2D eigenvalue weighted by atomic mass is 32.2. The van der Waals surface area contributed by atoms with E-state index in [9.17, 15) is 13.2 Å². The van der Waals surface area contributed by atoms with E-state index in [1.54, 1.807) is 6.92 Å². The summed E-state index contributed by atoms with van der Waals surface area (Å²) in [5.41, 5.74) is -0.510. The monoisotopic (exact) mass is 329 g/mol. The highest BCUT2D eigenvalue weighted by Gasteiger charge is 2.63. The van der Waals surface area contributed by atoms with Crippen LogP contribution < -0.4 is 0 Å². The molecule has 0 aromatic heterocycles. The van der Waals surface area contributed by atoms with Crippen LogP contribution in [-0.2, 0) is 24.3 Å². The Morgan fingerprint density at radius 1 is 1.45 bits per heavy atom. The smallest absolute Gasteiger partial charge is 0.312 e. The number of hydrogen-bond donors (Lipinski definition) is 0. The molecule has 3 rings (SSSR count).